The summed E-state index contributed by atoms with van der Waals surface area (Å²) >= 11 is 0. The molecular formula is C15H32N2O. The molecule has 0 saturated carbocycles. The van der Waals surface area contributed by atoms with Crippen molar-refractivity contribution in [3.05, 3.63) is 0 Å². The molecule has 0 aromatic rings. The van der Waals surface area contributed by atoms with Gasteiger partial charge in [0.1, 0.15) is 0 Å². The largest absolute Gasteiger partial charge is 0.342 e. The van der Waals surface area contributed by atoms with Gasteiger partial charge < -0.3 is 10.6 Å². The van der Waals surface area contributed by atoms with Crippen molar-refractivity contribution in [2.75, 3.05) is 19.6 Å². The standard InChI is InChI=1S/C15H32N2O/c1-5-8-14(9-6-2)15(18)17(11-7-10-16)12-13(3)4/h13-14H,5-12,16H2,1-4H3. The third-order valence-electron chi connectivity index (χ3n) is 3.15. The van der Waals surface area contributed by atoms with E-state index in [4.69, 9.17) is 5.73 Å². The summed E-state index contributed by atoms with van der Waals surface area (Å²) in [5.41, 5.74) is 5.56. The molecule has 3 nitrogen and oxygen atoms in total. The molecule has 0 bridgehead atoms. The first-order valence-electron chi connectivity index (χ1n) is 7.55. The molecule has 108 valence electrons. The van der Waals surface area contributed by atoms with Gasteiger partial charge in [0.15, 0.2) is 0 Å². The zero-order valence-corrected chi connectivity index (χ0v) is 12.7. The van der Waals surface area contributed by atoms with Gasteiger partial charge in [0.2, 0.25) is 5.91 Å². The van der Waals surface area contributed by atoms with Crippen molar-refractivity contribution in [1.29, 1.82) is 0 Å². The fourth-order valence-corrected chi connectivity index (χ4v) is 2.36. The Bertz CT molecular complexity index is 211. The van der Waals surface area contributed by atoms with Gasteiger partial charge in [0, 0.05) is 19.0 Å². The Labute approximate surface area is 113 Å². The van der Waals surface area contributed by atoms with E-state index in [9.17, 15) is 4.79 Å². The van der Waals surface area contributed by atoms with E-state index in [2.05, 4.69) is 27.7 Å². The summed E-state index contributed by atoms with van der Waals surface area (Å²) in [6.07, 6.45) is 5.11. The zero-order valence-electron chi connectivity index (χ0n) is 12.7. The summed E-state index contributed by atoms with van der Waals surface area (Å²) in [5, 5.41) is 0. The highest BCUT2D eigenvalue weighted by Crippen LogP contribution is 2.18. The third-order valence-corrected chi connectivity index (χ3v) is 3.15. The minimum atomic E-state index is 0.219. The highest BCUT2D eigenvalue weighted by Gasteiger charge is 2.23. The van der Waals surface area contributed by atoms with Crippen molar-refractivity contribution in [2.45, 2.75) is 59.8 Å². The molecule has 0 fully saturated rings. The van der Waals surface area contributed by atoms with Crippen molar-refractivity contribution >= 4 is 5.91 Å². The molecule has 1 amide bonds. The first kappa shape index (κ1) is 17.4. The Kier molecular flexibility index (Phi) is 10.0. The van der Waals surface area contributed by atoms with E-state index in [1.165, 1.54) is 0 Å². The van der Waals surface area contributed by atoms with Gasteiger partial charge in [-0.3, -0.25) is 4.79 Å². The van der Waals surface area contributed by atoms with Crippen LogP contribution < -0.4 is 5.73 Å². The van der Waals surface area contributed by atoms with Gasteiger partial charge in [0.25, 0.3) is 0 Å². The van der Waals surface area contributed by atoms with Gasteiger partial charge in [-0.2, -0.15) is 0 Å². The third kappa shape index (κ3) is 7.00. The van der Waals surface area contributed by atoms with Crippen molar-refractivity contribution < 1.29 is 4.79 Å². The first-order chi connectivity index (χ1) is 8.56. The van der Waals surface area contributed by atoms with Crippen LogP contribution in [0.1, 0.15) is 59.8 Å². The zero-order chi connectivity index (χ0) is 14.0. The molecule has 18 heavy (non-hydrogen) atoms. The molecular weight excluding hydrogens is 224 g/mol. The van der Waals surface area contributed by atoms with Gasteiger partial charge in [-0.25, -0.2) is 0 Å². The molecule has 3 heteroatoms. The second-order valence-corrected chi connectivity index (χ2v) is 5.59. The first-order valence-corrected chi connectivity index (χ1v) is 7.55. The van der Waals surface area contributed by atoms with Gasteiger partial charge in [-0.1, -0.05) is 40.5 Å². The molecule has 0 aliphatic rings. The molecule has 0 heterocycles. The predicted octanol–water partition coefficient (Wildman–Crippen LogP) is 3.04. The maximum Gasteiger partial charge on any atom is 0.225 e. The van der Waals surface area contributed by atoms with Crippen LogP contribution in [0.3, 0.4) is 0 Å². The summed E-state index contributed by atoms with van der Waals surface area (Å²) in [6.45, 7) is 11.0. The topological polar surface area (TPSA) is 46.3 Å². The fraction of sp³-hybridized carbons (Fsp3) is 0.933. The summed E-state index contributed by atoms with van der Waals surface area (Å²) in [4.78, 5) is 14.6. The fourth-order valence-electron chi connectivity index (χ4n) is 2.36. The highest BCUT2D eigenvalue weighted by molar-refractivity contribution is 5.78. The Balaban J connectivity index is 4.55. The van der Waals surface area contributed by atoms with E-state index >= 15 is 0 Å². The summed E-state index contributed by atoms with van der Waals surface area (Å²) in [7, 11) is 0. The van der Waals surface area contributed by atoms with Crippen LogP contribution in [0.25, 0.3) is 0 Å². The van der Waals surface area contributed by atoms with Gasteiger partial charge in [-0.05, 0) is 31.7 Å². The van der Waals surface area contributed by atoms with E-state index in [1.54, 1.807) is 0 Å². The van der Waals surface area contributed by atoms with Crippen LogP contribution in [0.15, 0.2) is 0 Å². The Morgan fingerprint density at radius 3 is 2.11 bits per heavy atom. The van der Waals surface area contributed by atoms with Crippen LogP contribution in [-0.4, -0.2) is 30.4 Å². The average Bonchev–Trinajstić information content (AvgIpc) is 2.33. The molecule has 0 aliphatic carbocycles. The smallest absolute Gasteiger partial charge is 0.225 e. The Morgan fingerprint density at radius 2 is 1.72 bits per heavy atom. The minimum absolute atomic E-state index is 0.219. The van der Waals surface area contributed by atoms with Crippen LogP contribution in [0.2, 0.25) is 0 Å². The lowest BCUT2D eigenvalue weighted by atomic mass is 9.96. The van der Waals surface area contributed by atoms with E-state index < -0.39 is 0 Å². The Morgan fingerprint density at radius 1 is 1.17 bits per heavy atom. The van der Waals surface area contributed by atoms with Crippen molar-refractivity contribution in [1.82, 2.24) is 4.90 Å². The molecule has 0 rings (SSSR count). The number of nitrogens with zero attached hydrogens (tertiary/aromatic N) is 1. The van der Waals surface area contributed by atoms with Gasteiger partial charge >= 0.3 is 0 Å². The van der Waals surface area contributed by atoms with Crippen molar-refractivity contribution in [2.24, 2.45) is 17.6 Å². The van der Waals surface area contributed by atoms with E-state index in [1.807, 2.05) is 4.90 Å². The lowest BCUT2D eigenvalue weighted by molar-refractivity contribution is -0.136. The molecule has 0 aromatic carbocycles. The van der Waals surface area contributed by atoms with Crippen LogP contribution in [-0.2, 0) is 4.79 Å². The van der Waals surface area contributed by atoms with Crippen molar-refractivity contribution in [3.63, 3.8) is 0 Å². The van der Waals surface area contributed by atoms with E-state index in [0.717, 1.165) is 45.2 Å². The molecule has 0 radical (unpaired) electrons. The molecule has 0 aromatic heterocycles. The second-order valence-electron chi connectivity index (χ2n) is 5.59. The Hall–Kier alpha value is -0.570. The average molecular weight is 256 g/mol. The van der Waals surface area contributed by atoms with Gasteiger partial charge in [-0.15, -0.1) is 0 Å². The molecule has 0 saturated heterocycles. The lowest BCUT2D eigenvalue weighted by Crippen LogP contribution is -2.39. The SMILES string of the molecule is CCCC(CCC)C(=O)N(CCCN)CC(C)C. The monoisotopic (exact) mass is 256 g/mol. The summed E-state index contributed by atoms with van der Waals surface area (Å²) in [6, 6.07) is 0. The number of carbonyl (C=O) groups is 1. The number of hydrogen-bond donors (Lipinski definition) is 1. The van der Waals surface area contributed by atoms with E-state index in [0.29, 0.717) is 18.4 Å². The maximum atomic E-state index is 12.5. The maximum absolute atomic E-state index is 12.5. The number of nitrogens with two attached hydrogens (primary N) is 1. The van der Waals surface area contributed by atoms with E-state index in [-0.39, 0.29) is 5.92 Å². The van der Waals surface area contributed by atoms with Crippen LogP contribution in [0.5, 0.6) is 0 Å². The van der Waals surface area contributed by atoms with Crippen LogP contribution in [0, 0.1) is 11.8 Å². The number of rotatable bonds is 10. The molecule has 0 spiro atoms. The normalized spacial score (nSPS) is 11.3. The van der Waals surface area contributed by atoms with Crippen molar-refractivity contribution in [3.8, 4) is 0 Å². The van der Waals surface area contributed by atoms with Crippen LogP contribution in [0.4, 0.5) is 0 Å². The predicted molar refractivity (Wildman–Crippen MR) is 78.4 cm³/mol. The highest BCUT2D eigenvalue weighted by atomic mass is 16.2. The number of amides is 1. The lowest BCUT2D eigenvalue weighted by Gasteiger charge is -2.28. The number of hydrogen-bond acceptors (Lipinski definition) is 2. The molecule has 0 aliphatic heterocycles. The number of carbonyl (C=O) groups excluding carboxylic acids is 1. The van der Waals surface area contributed by atoms with Crippen LogP contribution >= 0.6 is 0 Å². The van der Waals surface area contributed by atoms with Gasteiger partial charge in [0.05, 0.1) is 0 Å². The molecule has 0 unspecified atom stereocenters. The second kappa shape index (κ2) is 10.4. The minimum Gasteiger partial charge on any atom is -0.342 e. The molecule has 2 N–H and O–H groups in total. The molecule has 0 atom stereocenters. The summed E-state index contributed by atoms with van der Waals surface area (Å²) < 4.78 is 0. The summed E-state index contributed by atoms with van der Waals surface area (Å²) in [5.74, 6) is 1.09. The quantitative estimate of drug-likeness (QED) is 0.653.